The van der Waals surface area contributed by atoms with Gasteiger partial charge in [-0.25, -0.2) is 9.37 Å². The molecule has 4 aromatic heterocycles. The molecule has 2 N–H and O–H groups in total. The van der Waals surface area contributed by atoms with E-state index in [0.717, 1.165) is 30.1 Å². The van der Waals surface area contributed by atoms with Gasteiger partial charge in [0.25, 0.3) is 0 Å². The standard InChI is InChI=1S/C26H28FN9O3S2/c27-18-16-17(33-11-14-41(38)15-12-33)3-4-19(18)34-8-5-32(6-9-34)7-10-35-23-21(40-26(35)37)24-29-22(20-2-1-13-39-20)31-36(24)25(28)30-23/h1-4,13,16H,5-12,14-15H2,(H2,28,30). The molecule has 0 bridgehead atoms. The maximum atomic E-state index is 15.1. The zero-order chi connectivity index (χ0) is 28.1. The first-order chi connectivity index (χ1) is 19.9. The molecule has 0 radical (unpaired) electrons. The number of thiazole rings is 1. The molecule has 15 heteroatoms. The number of nitrogen functional groups attached to an aromatic ring is 1. The topological polar surface area (TPSA) is 131 Å². The van der Waals surface area contributed by atoms with Gasteiger partial charge in [0, 0.05) is 80.4 Å². The van der Waals surface area contributed by atoms with E-state index in [1.54, 1.807) is 29.0 Å². The third kappa shape index (κ3) is 4.87. The Balaban J connectivity index is 1.02. The Morgan fingerprint density at radius 2 is 1.80 bits per heavy atom. The van der Waals surface area contributed by atoms with Crippen molar-refractivity contribution in [1.29, 1.82) is 0 Å². The average Bonchev–Trinajstić information content (AvgIpc) is 3.72. The summed E-state index contributed by atoms with van der Waals surface area (Å²) < 4.78 is 35.8. The summed E-state index contributed by atoms with van der Waals surface area (Å²) in [5.74, 6) is 2.03. The number of anilines is 3. The van der Waals surface area contributed by atoms with Crippen LogP contribution in [0.5, 0.6) is 0 Å². The number of nitrogens with zero attached hydrogens (tertiary/aromatic N) is 8. The van der Waals surface area contributed by atoms with Crippen molar-refractivity contribution in [2.24, 2.45) is 0 Å². The van der Waals surface area contributed by atoms with Crippen molar-refractivity contribution in [3.8, 4) is 11.6 Å². The van der Waals surface area contributed by atoms with Gasteiger partial charge in [0.05, 0.1) is 12.0 Å². The quantitative estimate of drug-likeness (QED) is 0.310. The first kappa shape index (κ1) is 26.1. The van der Waals surface area contributed by atoms with Crippen LogP contribution >= 0.6 is 11.3 Å². The van der Waals surface area contributed by atoms with E-state index in [4.69, 9.17) is 10.2 Å². The van der Waals surface area contributed by atoms with Gasteiger partial charge in [-0.15, -0.1) is 5.10 Å². The molecule has 2 aliphatic heterocycles. The minimum Gasteiger partial charge on any atom is -0.461 e. The summed E-state index contributed by atoms with van der Waals surface area (Å²) in [7, 11) is -0.768. The molecule has 0 aliphatic carbocycles. The molecule has 0 amide bonds. The summed E-state index contributed by atoms with van der Waals surface area (Å²) in [6.45, 7) is 5.31. The van der Waals surface area contributed by atoms with Crippen molar-refractivity contribution in [2.45, 2.75) is 6.54 Å². The number of hydrogen-bond donors (Lipinski definition) is 1. The fourth-order valence-electron chi connectivity index (χ4n) is 5.43. The number of benzene rings is 1. The SMILES string of the molecule is Nc1nc2c(sc(=O)n2CCN2CCN(c3ccc(N4CCS(=O)CC4)cc3F)CC2)c2nc(-c3ccco3)nn12. The largest absolute Gasteiger partial charge is 0.461 e. The molecule has 5 aromatic rings. The van der Waals surface area contributed by atoms with Crippen LogP contribution < -0.4 is 20.4 Å². The number of nitrogens with two attached hydrogens (primary N) is 1. The average molecular weight is 598 g/mol. The fraction of sp³-hybridized carbons (Fsp3) is 0.385. The molecule has 0 atom stereocenters. The van der Waals surface area contributed by atoms with Crippen molar-refractivity contribution in [1.82, 2.24) is 29.0 Å². The molecule has 2 aliphatic rings. The Morgan fingerprint density at radius 1 is 1.00 bits per heavy atom. The van der Waals surface area contributed by atoms with Crippen LogP contribution in [0.25, 0.3) is 27.6 Å². The van der Waals surface area contributed by atoms with Gasteiger partial charge in [-0.05, 0) is 30.3 Å². The van der Waals surface area contributed by atoms with Crippen LogP contribution in [0.3, 0.4) is 0 Å². The molecule has 0 saturated carbocycles. The molecule has 1 aromatic carbocycles. The van der Waals surface area contributed by atoms with Crippen molar-refractivity contribution in [3.05, 3.63) is 52.1 Å². The van der Waals surface area contributed by atoms with Crippen molar-refractivity contribution < 1.29 is 13.0 Å². The second kappa shape index (κ2) is 10.5. The minimum absolute atomic E-state index is 0.136. The predicted octanol–water partition coefficient (Wildman–Crippen LogP) is 1.87. The number of hydrogen-bond acceptors (Lipinski definition) is 11. The van der Waals surface area contributed by atoms with Gasteiger partial charge in [-0.3, -0.25) is 18.5 Å². The van der Waals surface area contributed by atoms with Gasteiger partial charge in [-0.2, -0.15) is 9.50 Å². The van der Waals surface area contributed by atoms with E-state index < -0.39 is 10.8 Å². The highest BCUT2D eigenvalue weighted by atomic mass is 32.2. The summed E-state index contributed by atoms with van der Waals surface area (Å²) in [5, 5.41) is 4.40. The van der Waals surface area contributed by atoms with Crippen molar-refractivity contribution in [2.75, 3.05) is 72.9 Å². The van der Waals surface area contributed by atoms with E-state index in [1.165, 1.54) is 4.52 Å². The van der Waals surface area contributed by atoms with Gasteiger partial charge in [-0.1, -0.05) is 11.3 Å². The normalized spacial score (nSPS) is 17.3. The lowest BCUT2D eigenvalue weighted by atomic mass is 10.2. The van der Waals surface area contributed by atoms with Gasteiger partial charge < -0.3 is 20.0 Å². The van der Waals surface area contributed by atoms with Crippen LogP contribution in [-0.4, -0.2) is 90.6 Å². The number of rotatable bonds is 6. The van der Waals surface area contributed by atoms with Crippen LogP contribution in [0, 0.1) is 5.82 Å². The molecular weight excluding hydrogens is 569 g/mol. The number of piperazine rings is 1. The highest BCUT2D eigenvalue weighted by molar-refractivity contribution is 7.85. The van der Waals surface area contributed by atoms with E-state index in [2.05, 4.69) is 29.8 Å². The molecule has 0 unspecified atom stereocenters. The summed E-state index contributed by atoms with van der Waals surface area (Å²) in [6, 6.07) is 8.90. The van der Waals surface area contributed by atoms with Crippen molar-refractivity contribution >= 4 is 55.5 Å². The second-order valence-electron chi connectivity index (χ2n) is 10.1. The highest BCUT2D eigenvalue weighted by Gasteiger charge is 2.23. The third-order valence-corrected chi connectivity index (χ3v) is 9.92. The summed E-state index contributed by atoms with van der Waals surface area (Å²) in [4.78, 5) is 28.3. The second-order valence-corrected chi connectivity index (χ2v) is 12.7. The van der Waals surface area contributed by atoms with Crippen LogP contribution in [0.4, 0.5) is 21.7 Å². The third-order valence-electron chi connectivity index (χ3n) is 7.68. The lowest BCUT2D eigenvalue weighted by Gasteiger charge is -2.36. The molecular formula is C26H28FN9O3S2. The molecule has 41 heavy (non-hydrogen) atoms. The van der Waals surface area contributed by atoms with E-state index in [9.17, 15) is 9.00 Å². The van der Waals surface area contributed by atoms with E-state index >= 15 is 4.39 Å². The Labute approximate surface area is 240 Å². The highest BCUT2D eigenvalue weighted by Crippen LogP contribution is 2.28. The van der Waals surface area contributed by atoms with Crippen LogP contribution in [0.15, 0.2) is 45.8 Å². The number of aromatic nitrogens is 5. The molecule has 214 valence electrons. The maximum absolute atomic E-state index is 15.1. The summed E-state index contributed by atoms with van der Waals surface area (Å²) in [6.07, 6.45) is 1.54. The summed E-state index contributed by atoms with van der Waals surface area (Å²) in [5.41, 5.74) is 8.59. The van der Waals surface area contributed by atoms with Gasteiger partial charge in [0.1, 0.15) is 10.5 Å². The Bertz CT molecular complexity index is 1800. The van der Waals surface area contributed by atoms with Gasteiger partial charge >= 0.3 is 4.87 Å². The molecule has 0 spiro atoms. The molecule has 7 rings (SSSR count). The molecule has 2 saturated heterocycles. The smallest absolute Gasteiger partial charge is 0.309 e. The van der Waals surface area contributed by atoms with Crippen LogP contribution in [0.1, 0.15) is 0 Å². The Kier molecular flexibility index (Phi) is 6.71. The lowest BCUT2D eigenvalue weighted by Crippen LogP contribution is -2.47. The zero-order valence-corrected chi connectivity index (χ0v) is 23.7. The zero-order valence-electron chi connectivity index (χ0n) is 22.1. The Morgan fingerprint density at radius 3 is 2.54 bits per heavy atom. The molecule has 12 nitrogen and oxygen atoms in total. The number of halogens is 1. The Hall–Kier alpha value is -3.82. The first-order valence-corrected chi connectivity index (χ1v) is 15.7. The van der Waals surface area contributed by atoms with E-state index in [-0.39, 0.29) is 16.6 Å². The number of furan rings is 1. The molecule has 6 heterocycles. The predicted molar refractivity (Wildman–Crippen MR) is 158 cm³/mol. The van der Waals surface area contributed by atoms with Crippen LogP contribution in [0.2, 0.25) is 0 Å². The van der Waals surface area contributed by atoms with Gasteiger partial charge in [0.2, 0.25) is 11.8 Å². The number of fused-ring (bicyclic) bond motifs is 3. The minimum atomic E-state index is -0.768. The monoisotopic (exact) mass is 597 g/mol. The molecule has 2 fully saturated rings. The van der Waals surface area contributed by atoms with E-state index in [0.29, 0.717) is 84.0 Å². The van der Waals surface area contributed by atoms with E-state index in [1.807, 2.05) is 12.1 Å². The summed E-state index contributed by atoms with van der Waals surface area (Å²) >= 11 is 1.07. The fourth-order valence-corrected chi connectivity index (χ4v) is 7.42. The lowest BCUT2D eigenvalue weighted by molar-refractivity contribution is 0.248. The first-order valence-electron chi connectivity index (χ1n) is 13.4. The maximum Gasteiger partial charge on any atom is 0.309 e. The van der Waals surface area contributed by atoms with Crippen LogP contribution in [-0.2, 0) is 17.3 Å². The van der Waals surface area contributed by atoms with Crippen molar-refractivity contribution in [3.63, 3.8) is 0 Å². The van der Waals surface area contributed by atoms with Gasteiger partial charge in [0.15, 0.2) is 17.1 Å².